The Balaban J connectivity index is 2.40. The van der Waals surface area contributed by atoms with Gasteiger partial charge in [0.15, 0.2) is 0 Å². The highest BCUT2D eigenvalue weighted by molar-refractivity contribution is 7.89. The van der Waals surface area contributed by atoms with Crippen LogP contribution in [0.25, 0.3) is 0 Å². The summed E-state index contributed by atoms with van der Waals surface area (Å²) in [5, 5.41) is 0. The molecule has 1 heterocycles. The Morgan fingerprint density at radius 3 is 2.83 bits per heavy atom. The first-order chi connectivity index (χ1) is 8.43. The second kappa shape index (κ2) is 4.95. The average Bonchev–Trinajstić information content (AvgIpc) is 2.78. The van der Waals surface area contributed by atoms with Crippen molar-refractivity contribution in [2.45, 2.75) is 30.7 Å². The zero-order valence-electron chi connectivity index (χ0n) is 10.2. The Hall–Kier alpha value is -0.980. The van der Waals surface area contributed by atoms with Crippen molar-refractivity contribution in [3.8, 4) is 0 Å². The minimum atomic E-state index is -3.49. The Bertz CT molecular complexity index is 569. The van der Waals surface area contributed by atoms with Gasteiger partial charge in [-0.2, -0.15) is 4.31 Å². The zero-order valence-corrected chi connectivity index (χ0v) is 11.8. The van der Waals surface area contributed by atoms with Gasteiger partial charge in [0.2, 0.25) is 10.0 Å². The van der Waals surface area contributed by atoms with E-state index < -0.39 is 10.0 Å². The number of hydrogen-bond donors (Lipinski definition) is 1. The van der Waals surface area contributed by atoms with Crippen LogP contribution in [0, 0.1) is 6.92 Å². The SMILES string of the molecule is Cc1cccc(S(=O)(=O)N2CCCC2C(N)=S)c1. The fourth-order valence-electron chi connectivity index (χ4n) is 2.22. The standard InChI is InChI=1S/C12H16N2O2S2/c1-9-4-2-5-10(8-9)18(15,16)14-7-3-6-11(14)12(13)17/h2,4-5,8,11H,3,6-7H2,1H3,(H2,13,17). The number of hydrogen-bond acceptors (Lipinski definition) is 3. The summed E-state index contributed by atoms with van der Waals surface area (Å²) in [5.41, 5.74) is 6.54. The van der Waals surface area contributed by atoms with Crippen LogP contribution in [0.15, 0.2) is 29.2 Å². The second-order valence-corrected chi connectivity index (χ2v) is 6.85. The number of nitrogens with zero attached hydrogens (tertiary/aromatic N) is 1. The van der Waals surface area contributed by atoms with E-state index in [0.29, 0.717) is 17.9 Å². The Labute approximate surface area is 113 Å². The van der Waals surface area contributed by atoms with Crippen LogP contribution in [-0.4, -0.2) is 30.3 Å². The molecule has 1 unspecified atom stereocenters. The highest BCUT2D eigenvalue weighted by Crippen LogP contribution is 2.26. The monoisotopic (exact) mass is 284 g/mol. The number of benzene rings is 1. The predicted octanol–water partition coefficient (Wildman–Crippen LogP) is 1.43. The molecule has 0 bridgehead atoms. The van der Waals surface area contributed by atoms with Crippen LogP contribution in [0.1, 0.15) is 18.4 Å². The molecule has 1 saturated heterocycles. The van der Waals surface area contributed by atoms with Gasteiger partial charge in [-0.25, -0.2) is 8.42 Å². The summed E-state index contributed by atoms with van der Waals surface area (Å²) in [6.45, 7) is 2.35. The Morgan fingerprint density at radius 1 is 1.50 bits per heavy atom. The van der Waals surface area contributed by atoms with Gasteiger partial charge in [0, 0.05) is 6.54 Å². The minimum absolute atomic E-state index is 0.253. The molecule has 1 atom stereocenters. The summed E-state index contributed by atoms with van der Waals surface area (Å²) in [5.74, 6) is 0. The normalized spacial score (nSPS) is 21.1. The van der Waals surface area contributed by atoms with E-state index in [4.69, 9.17) is 18.0 Å². The maximum atomic E-state index is 12.5. The molecule has 0 spiro atoms. The molecule has 0 aliphatic carbocycles. The molecule has 6 heteroatoms. The molecule has 1 aromatic rings. The Morgan fingerprint density at radius 2 is 2.22 bits per heavy atom. The minimum Gasteiger partial charge on any atom is -0.392 e. The molecule has 2 rings (SSSR count). The smallest absolute Gasteiger partial charge is 0.243 e. The van der Waals surface area contributed by atoms with Gasteiger partial charge in [0.25, 0.3) is 0 Å². The van der Waals surface area contributed by atoms with Crippen LogP contribution >= 0.6 is 12.2 Å². The summed E-state index contributed by atoms with van der Waals surface area (Å²) < 4.78 is 26.4. The first-order valence-corrected chi connectivity index (χ1v) is 7.65. The van der Waals surface area contributed by atoms with E-state index in [1.807, 2.05) is 13.0 Å². The average molecular weight is 284 g/mol. The van der Waals surface area contributed by atoms with E-state index in [1.165, 1.54) is 4.31 Å². The third-order valence-electron chi connectivity index (χ3n) is 3.13. The molecule has 1 aliphatic heterocycles. The molecule has 2 N–H and O–H groups in total. The van der Waals surface area contributed by atoms with Gasteiger partial charge in [-0.1, -0.05) is 24.4 Å². The van der Waals surface area contributed by atoms with Crippen molar-refractivity contribution in [3.05, 3.63) is 29.8 Å². The van der Waals surface area contributed by atoms with Crippen molar-refractivity contribution in [2.24, 2.45) is 5.73 Å². The fraction of sp³-hybridized carbons (Fsp3) is 0.417. The number of aryl methyl sites for hydroxylation is 1. The van der Waals surface area contributed by atoms with Crippen molar-refractivity contribution >= 4 is 27.2 Å². The van der Waals surface area contributed by atoms with Crippen molar-refractivity contribution in [1.82, 2.24) is 4.31 Å². The zero-order chi connectivity index (χ0) is 13.3. The number of rotatable bonds is 3. The van der Waals surface area contributed by atoms with Gasteiger partial charge in [0.05, 0.1) is 15.9 Å². The van der Waals surface area contributed by atoms with E-state index >= 15 is 0 Å². The molecule has 0 aromatic heterocycles. The molecule has 98 valence electrons. The lowest BCUT2D eigenvalue weighted by Crippen LogP contribution is -2.42. The van der Waals surface area contributed by atoms with E-state index in [1.54, 1.807) is 18.2 Å². The molecular weight excluding hydrogens is 268 g/mol. The summed E-state index contributed by atoms with van der Waals surface area (Å²) in [6.07, 6.45) is 1.51. The van der Waals surface area contributed by atoms with Gasteiger partial charge in [0.1, 0.15) is 0 Å². The molecule has 4 nitrogen and oxygen atoms in total. The summed E-state index contributed by atoms with van der Waals surface area (Å²) >= 11 is 4.95. The topological polar surface area (TPSA) is 63.4 Å². The lowest BCUT2D eigenvalue weighted by Gasteiger charge is -2.23. The van der Waals surface area contributed by atoms with Crippen LogP contribution in [0.4, 0.5) is 0 Å². The number of thiocarbonyl (C=S) groups is 1. The van der Waals surface area contributed by atoms with Crippen LogP contribution in [0.3, 0.4) is 0 Å². The van der Waals surface area contributed by atoms with Crippen LogP contribution in [-0.2, 0) is 10.0 Å². The summed E-state index contributed by atoms with van der Waals surface area (Å²) in [7, 11) is -3.49. The predicted molar refractivity (Wildman–Crippen MR) is 74.9 cm³/mol. The lowest BCUT2D eigenvalue weighted by atomic mass is 10.2. The van der Waals surface area contributed by atoms with Crippen molar-refractivity contribution < 1.29 is 8.42 Å². The number of sulfonamides is 1. The molecule has 1 fully saturated rings. The lowest BCUT2D eigenvalue weighted by molar-refractivity contribution is 0.446. The van der Waals surface area contributed by atoms with Gasteiger partial charge >= 0.3 is 0 Å². The third-order valence-corrected chi connectivity index (χ3v) is 5.30. The van der Waals surface area contributed by atoms with Crippen molar-refractivity contribution in [2.75, 3.05) is 6.54 Å². The maximum Gasteiger partial charge on any atom is 0.243 e. The summed E-state index contributed by atoms with van der Waals surface area (Å²) in [6, 6.07) is 6.55. The number of nitrogens with two attached hydrogens (primary N) is 1. The second-order valence-electron chi connectivity index (χ2n) is 4.49. The van der Waals surface area contributed by atoms with Gasteiger partial charge in [-0.15, -0.1) is 0 Å². The fourth-order valence-corrected chi connectivity index (χ4v) is 4.31. The highest BCUT2D eigenvalue weighted by atomic mass is 32.2. The molecule has 0 saturated carbocycles. The van der Waals surface area contributed by atoms with Crippen LogP contribution < -0.4 is 5.73 Å². The quantitative estimate of drug-likeness (QED) is 0.853. The van der Waals surface area contributed by atoms with Gasteiger partial charge in [-0.3, -0.25) is 0 Å². The molecular formula is C12H16N2O2S2. The first-order valence-electron chi connectivity index (χ1n) is 5.81. The van der Waals surface area contributed by atoms with E-state index in [2.05, 4.69) is 0 Å². The Kier molecular flexibility index (Phi) is 3.70. The highest BCUT2D eigenvalue weighted by Gasteiger charge is 2.36. The van der Waals surface area contributed by atoms with E-state index in [9.17, 15) is 8.42 Å². The molecule has 0 radical (unpaired) electrons. The first kappa shape index (κ1) is 13.5. The summed E-state index contributed by atoms with van der Waals surface area (Å²) in [4.78, 5) is 0.564. The molecule has 1 aromatic carbocycles. The largest absolute Gasteiger partial charge is 0.392 e. The maximum absolute atomic E-state index is 12.5. The van der Waals surface area contributed by atoms with Crippen molar-refractivity contribution in [3.63, 3.8) is 0 Å². The van der Waals surface area contributed by atoms with Crippen LogP contribution in [0.5, 0.6) is 0 Å². The van der Waals surface area contributed by atoms with Gasteiger partial charge in [-0.05, 0) is 37.5 Å². The molecule has 0 amide bonds. The third kappa shape index (κ3) is 2.41. The van der Waals surface area contributed by atoms with Crippen LogP contribution in [0.2, 0.25) is 0 Å². The van der Waals surface area contributed by atoms with E-state index in [-0.39, 0.29) is 11.0 Å². The van der Waals surface area contributed by atoms with Crippen molar-refractivity contribution in [1.29, 1.82) is 0 Å². The molecule has 1 aliphatic rings. The van der Waals surface area contributed by atoms with E-state index in [0.717, 1.165) is 12.0 Å². The molecule has 18 heavy (non-hydrogen) atoms. The van der Waals surface area contributed by atoms with Gasteiger partial charge < -0.3 is 5.73 Å².